The third kappa shape index (κ3) is 2.05. The van der Waals surface area contributed by atoms with E-state index in [0.717, 1.165) is 25.5 Å². The van der Waals surface area contributed by atoms with Gasteiger partial charge in [0.1, 0.15) is 5.82 Å². The second-order valence-corrected chi connectivity index (χ2v) is 4.23. The van der Waals surface area contributed by atoms with Crippen molar-refractivity contribution in [2.24, 2.45) is 5.92 Å². The molecule has 3 nitrogen and oxygen atoms in total. The molecule has 1 aromatic heterocycles. The fraction of sp³-hybridized carbons (Fsp3) is 0.500. The number of pyridine rings is 1. The molecule has 2 rings (SSSR count). The number of nitrogens with zero attached hydrogens (tertiary/aromatic N) is 1. The average molecular weight is 223 g/mol. The summed E-state index contributed by atoms with van der Waals surface area (Å²) in [4.78, 5) is 14.8. The molecule has 0 amide bonds. The Morgan fingerprint density at radius 2 is 2.19 bits per heavy atom. The molecule has 1 N–H and O–H groups in total. The minimum Gasteiger partial charge on any atom is -0.481 e. The van der Waals surface area contributed by atoms with Gasteiger partial charge in [0.2, 0.25) is 0 Å². The first-order valence-electron chi connectivity index (χ1n) is 5.52. The third-order valence-corrected chi connectivity index (χ3v) is 3.29. The molecule has 1 fully saturated rings. The summed E-state index contributed by atoms with van der Waals surface area (Å²) in [5.41, 5.74) is 0.502. The monoisotopic (exact) mass is 223 g/mol. The minimum absolute atomic E-state index is 0.200. The van der Waals surface area contributed by atoms with E-state index >= 15 is 0 Å². The predicted octanol–water partition coefficient (Wildman–Crippen LogP) is 2.58. The molecule has 1 aliphatic rings. The van der Waals surface area contributed by atoms with Crippen LogP contribution in [0, 0.1) is 11.7 Å². The average Bonchev–Trinajstić information content (AvgIpc) is 2.29. The third-order valence-electron chi connectivity index (χ3n) is 3.29. The zero-order valence-corrected chi connectivity index (χ0v) is 8.90. The van der Waals surface area contributed by atoms with Gasteiger partial charge in [0.15, 0.2) is 0 Å². The molecule has 1 heterocycles. The fourth-order valence-corrected chi connectivity index (χ4v) is 2.49. The molecule has 0 aliphatic heterocycles. The van der Waals surface area contributed by atoms with Gasteiger partial charge in [-0.2, -0.15) is 0 Å². The molecule has 0 saturated heterocycles. The summed E-state index contributed by atoms with van der Waals surface area (Å²) in [6, 6.07) is 1.60. The van der Waals surface area contributed by atoms with E-state index in [1.54, 1.807) is 6.07 Å². The number of aromatic nitrogens is 1. The highest BCUT2D eigenvalue weighted by Crippen LogP contribution is 2.38. The lowest BCUT2D eigenvalue weighted by molar-refractivity contribution is -0.143. The molecule has 1 aromatic rings. The van der Waals surface area contributed by atoms with Gasteiger partial charge < -0.3 is 5.11 Å². The van der Waals surface area contributed by atoms with Crippen LogP contribution in [0.1, 0.15) is 37.2 Å². The van der Waals surface area contributed by atoms with Crippen LogP contribution in [0.15, 0.2) is 18.5 Å². The molecule has 2 unspecified atom stereocenters. The maximum absolute atomic E-state index is 13.6. The highest BCUT2D eigenvalue weighted by atomic mass is 19.1. The van der Waals surface area contributed by atoms with Crippen LogP contribution in [0.3, 0.4) is 0 Å². The van der Waals surface area contributed by atoms with Crippen molar-refractivity contribution in [3.63, 3.8) is 0 Å². The first-order chi connectivity index (χ1) is 7.70. The van der Waals surface area contributed by atoms with Gasteiger partial charge >= 0.3 is 5.97 Å². The van der Waals surface area contributed by atoms with E-state index in [4.69, 9.17) is 5.11 Å². The highest BCUT2D eigenvalue weighted by molar-refractivity contribution is 5.71. The van der Waals surface area contributed by atoms with E-state index < -0.39 is 11.9 Å². The number of carbonyl (C=O) groups is 1. The van der Waals surface area contributed by atoms with Crippen molar-refractivity contribution in [3.05, 3.63) is 29.8 Å². The van der Waals surface area contributed by atoms with Gasteiger partial charge in [-0.3, -0.25) is 9.78 Å². The number of halogens is 1. The molecule has 4 heteroatoms. The van der Waals surface area contributed by atoms with Crippen molar-refractivity contribution in [2.45, 2.75) is 31.6 Å². The van der Waals surface area contributed by atoms with Gasteiger partial charge in [0, 0.05) is 12.1 Å². The van der Waals surface area contributed by atoms with Crippen molar-refractivity contribution < 1.29 is 14.3 Å². The molecule has 16 heavy (non-hydrogen) atoms. The van der Waals surface area contributed by atoms with Gasteiger partial charge in [-0.15, -0.1) is 0 Å². The second-order valence-electron chi connectivity index (χ2n) is 4.23. The highest BCUT2D eigenvalue weighted by Gasteiger charge is 2.33. The lowest BCUT2D eigenvalue weighted by atomic mass is 9.75. The Labute approximate surface area is 93.3 Å². The maximum Gasteiger partial charge on any atom is 0.307 e. The van der Waals surface area contributed by atoms with Crippen LogP contribution in [0.5, 0.6) is 0 Å². The minimum atomic E-state index is -0.819. The van der Waals surface area contributed by atoms with Crippen LogP contribution in [0.2, 0.25) is 0 Å². The van der Waals surface area contributed by atoms with Gasteiger partial charge in [-0.05, 0) is 24.5 Å². The molecular formula is C12H14FNO2. The molecular weight excluding hydrogens is 209 g/mol. The number of aliphatic carboxylic acids is 1. The summed E-state index contributed by atoms with van der Waals surface area (Å²) in [5.74, 6) is -1.86. The van der Waals surface area contributed by atoms with Crippen LogP contribution in [0.4, 0.5) is 4.39 Å². The molecule has 1 aliphatic carbocycles. The quantitative estimate of drug-likeness (QED) is 0.838. The summed E-state index contributed by atoms with van der Waals surface area (Å²) in [6.07, 6.45) is 5.95. The number of rotatable bonds is 2. The Kier molecular flexibility index (Phi) is 3.17. The Balaban J connectivity index is 2.30. The topological polar surface area (TPSA) is 50.2 Å². The lowest BCUT2D eigenvalue weighted by Gasteiger charge is -2.28. The zero-order valence-electron chi connectivity index (χ0n) is 8.90. The molecule has 0 aromatic carbocycles. The standard InChI is InChI=1S/C12H14FNO2/c13-11-7-14-6-5-9(11)8-3-1-2-4-10(8)12(15)16/h5-8,10H,1-4H2,(H,15,16). The maximum atomic E-state index is 13.6. The summed E-state index contributed by atoms with van der Waals surface area (Å²) in [6.45, 7) is 0. The summed E-state index contributed by atoms with van der Waals surface area (Å²) in [7, 11) is 0. The van der Waals surface area contributed by atoms with E-state index in [2.05, 4.69) is 4.98 Å². The number of carboxylic acids is 1. The number of hydrogen-bond acceptors (Lipinski definition) is 2. The van der Waals surface area contributed by atoms with Gasteiger partial charge in [-0.1, -0.05) is 12.8 Å². The van der Waals surface area contributed by atoms with Crippen LogP contribution < -0.4 is 0 Å². The largest absolute Gasteiger partial charge is 0.481 e. The van der Waals surface area contributed by atoms with Crippen molar-refractivity contribution in [3.8, 4) is 0 Å². The summed E-state index contributed by atoms with van der Waals surface area (Å²) in [5, 5.41) is 9.12. The van der Waals surface area contributed by atoms with E-state index in [-0.39, 0.29) is 11.7 Å². The molecule has 2 atom stereocenters. The van der Waals surface area contributed by atoms with E-state index in [1.165, 1.54) is 6.20 Å². The Morgan fingerprint density at radius 3 is 2.88 bits per heavy atom. The molecule has 1 saturated carbocycles. The first-order valence-corrected chi connectivity index (χ1v) is 5.52. The number of carboxylic acid groups (broad SMARTS) is 1. The Bertz CT molecular complexity index is 394. The molecule has 0 bridgehead atoms. The smallest absolute Gasteiger partial charge is 0.307 e. The SMILES string of the molecule is O=C(O)C1CCCCC1c1ccncc1F. The zero-order chi connectivity index (χ0) is 11.5. The lowest BCUT2D eigenvalue weighted by Crippen LogP contribution is -2.26. The Morgan fingerprint density at radius 1 is 1.44 bits per heavy atom. The number of hydrogen-bond donors (Lipinski definition) is 1. The first kappa shape index (κ1) is 11.0. The fourth-order valence-electron chi connectivity index (χ4n) is 2.49. The van der Waals surface area contributed by atoms with Gasteiger partial charge in [0.25, 0.3) is 0 Å². The second kappa shape index (κ2) is 4.60. The van der Waals surface area contributed by atoms with Crippen LogP contribution >= 0.6 is 0 Å². The van der Waals surface area contributed by atoms with E-state index in [0.29, 0.717) is 12.0 Å². The normalized spacial score (nSPS) is 25.3. The predicted molar refractivity (Wildman–Crippen MR) is 56.5 cm³/mol. The van der Waals surface area contributed by atoms with Crippen molar-refractivity contribution in [1.82, 2.24) is 4.98 Å². The van der Waals surface area contributed by atoms with E-state index in [1.807, 2.05) is 0 Å². The Hall–Kier alpha value is -1.45. The van der Waals surface area contributed by atoms with Crippen molar-refractivity contribution in [2.75, 3.05) is 0 Å². The van der Waals surface area contributed by atoms with Crippen LogP contribution in [0.25, 0.3) is 0 Å². The van der Waals surface area contributed by atoms with Crippen molar-refractivity contribution >= 4 is 5.97 Å². The van der Waals surface area contributed by atoms with Gasteiger partial charge in [0.05, 0.1) is 12.1 Å². The summed E-state index contributed by atoms with van der Waals surface area (Å²) >= 11 is 0. The van der Waals surface area contributed by atoms with Crippen LogP contribution in [-0.4, -0.2) is 16.1 Å². The molecule has 0 spiro atoms. The van der Waals surface area contributed by atoms with Crippen molar-refractivity contribution in [1.29, 1.82) is 0 Å². The summed E-state index contributed by atoms with van der Waals surface area (Å²) < 4.78 is 13.6. The molecule has 0 radical (unpaired) electrons. The van der Waals surface area contributed by atoms with Crippen LogP contribution in [-0.2, 0) is 4.79 Å². The van der Waals surface area contributed by atoms with Gasteiger partial charge in [-0.25, -0.2) is 4.39 Å². The molecule has 86 valence electrons. The van der Waals surface area contributed by atoms with E-state index in [9.17, 15) is 9.18 Å².